The summed E-state index contributed by atoms with van der Waals surface area (Å²) in [5, 5.41) is 4.42. The molecule has 2 aromatic rings. The molecule has 6 nitrogen and oxygen atoms in total. The molecule has 0 aliphatic heterocycles. The van der Waals surface area contributed by atoms with Gasteiger partial charge in [-0.15, -0.1) is 0 Å². The fraction of sp³-hybridized carbons (Fsp3) is 0.526. The zero-order valence-corrected chi connectivity index (χ0v) is 17.4. The van der Waals surface area contributed by atoms with Crippen molar-refractivity contribution in [1.82, 2.24) is 14.1 Å². The minimum atomic E-state index is -3.49. The predicted molar refractivity (Wildman–Crippen MR) is 103 cm³/mol. The normalized spacial score (nSPS) is 12.0. The number of rotatable bonds is 8. The number of aryl methyl sites for hydroxylation is 4. The molecule has 0 bridgehead atoms. The van der Waals surface area contributed by atoms with Crippen molar-refractivity contribution in [3.05, 3.63) is 40.7 Å². The average Bonchev–Trinajstić information content (AvgIpc) is 2.88. The van der Waals surface area contributed by atoms with Crippen LogP contribution in [0.5, 0.6) is 5.75 Å². The molecule has 0 radical (unpaired) electrons. The van der Waals surface area contributed by atoms with E-state index in [4.69, 9.17) is 4.74 Å². The summed E-state index contributed by atoms with van der Waals surface area (Å²) in [5.41, 5.74) is 3.66. The molecule has 2 rings (SSSR count). The van der Waals surface area contributed by atoms with E-state index in [0.29, 0.717) is 36.0 Å². The van der Waals surface area contributed by atoms with Crippen LogP contribution in [0.2, 0.25) is 0 Å². The van der Waals surface area contributed by atoms with Crippen molar-refractivity contribution in [2.24, 2.45) is 0 Å². The van der Waals surface area contributed by atoms with E-state index in [1.807, 2.05) is 25.1 Å². The zero-order chi connectivity index (χ0) is 19.5. The van der Waals surface area contributed by atoms with Gasteiger partial charge in [0.2, 0.25) is 10.0 Å². The smallest absolute Gasteiger partial charge is 0.246 e. The van der Waals surface area contributed by atoms with Gasteiger partial charge in [0.25, 0.3) is 0 Å². The molecule has 0 N–H and O–H groups in total. The molecule has 0 aliphatic carbocycles. The van der Waals surface area contributed by atoms with Crippen LogP contribution in [-0.4, -0.2) is 42.7 Å². The summed E-state index contributed by atoms with van der Waals surface area (Å²) in [6.07, 6.45) is 0.748. The lowest BCUT2D eigenvalue weighted by Crippen LogP contribution is -2.27. The number of ether oxygens (including phenoxy) is 1. The van der Waals surface area contributed by atoms with Crippen LogP contribution in [0.1, 0.15) is 35.9 Å². The van der Waals surface area contributed by atoms with Gasteiger partial charge in [-0.3, -0.25) is 4.68 Å². The highest BCUT2D eigenvalue weighted by molar-refractivity contribution is 7.89. The van der Waals surface area contributed by atoms with Crippen molar-refractivity contribution in [2.45, 2.75) is 52.5 Å². The molecule has 0 saturated heterocycles. The highest BCUT2D eigenvalue weighted by Gasteiger charge is 2.27. The molecule has 144 valence electrons. The van der Waals surface area contributed by atoms with Crippen molar-refractivity contribution in [2.75, 3.05) is 20.2 Å². The minimum absolute atomic E-state index is 0.317. The van der Waals surface area contributed by atoms with Gasteiger partial charge >= 0.3 is 0 Å². The van der Waals surface area contributed by atoms with Gasteiger partial charge in [-0.1, -0.05) is 13.0 Å². The Bertz CT molecular complexity index is 872. The summed E-state index contributed by atoms with van der Waals surface area (Å²) in [5.74, 6) is 0.856. The largest absolute Gasteiger partial charge is 0.494 e. The first-order chi connectivity index (χ1) is 12.2. The second kappa shape index (κ2) is 8.22. The van der Waals surface area contributed by atoms with Crippen LogP contribution in [0.4, 0.5) is 0 Å². The van der Waals surface area contributed by atoms with E-state index in [0.717, 1.165) is 12.2 Å². The molecule has 0 atom stereocenters. The third-order valence-electron chi connectivity index (χ3n) is 4.69. The molecule has 0 spiro atoms. The van der Waals surface area contributed by atoms with Gasteiger partial charge in [-0.25, -0.2) is 12.7 Å². The molecule has 1 aromatic carbocycles. The Morgan fingerprint density at radius 2 is 1.85 bits per heavy atom. The molecule has 0 amide bonds. The van der Waals surface area contributed by atoms with Crippen molar-refractivity contribution < 1.29 is 13.2 Å². The first-order valence-electron chi connectivity index (χ1n) is 8.88. The number of nitrogens with zero attached hydrogens (tertiary/aromatic N) is 3. The maximum Gasteiger partial charge on any atom is 0.246 e. The zero-order valence-electron chi connectivity index (χ0n) is 16.5. The van der Waals surface area contributed by atoms with Crippen LogP contribution in [0.15, 0.2) is 23.1 Å². The van der Waals surface area contributed by atoms with Crippen LogP contribution in [0, 0.1) is 27.7 Å². The second-order valence-corrected chi connectivity index (χ2v) is 8.57. The van der Waals surface area contributed by atoms with Crippen LogP contribution < -0.4 is 4.74 Å². The summed E-state index contributed by atoms with van der Waals surface area (Å²) in [6, 6.07) is 6.05. The lowest BCUT2D eigenvalue weighted by atomic mass is 10.1. The third-order valence-corrected chi connectivity index (χ3v) is 6.88. The summed E-state index contributed by atoms with van der Waals surface area (Å²) in [4.78, 5) is 0.317. The van der Waals surface area contributed by atoms with Crippen LogP contribution in [0.3, 0.4) is 0 Å². The molecule has 26 heavy (non-hydrogen) atoms. The fourth-order valence-corrected chi connectivity index (χ4v) is 4.35. The predicted octanol–water partition coefficient (Wildman–Crippen LogP) is 3.23. The first-order valence-corrected chi connectivity index (χ1v) is 10.3. The van der Waals surface area contributed by atoms with E-state index in [-0.39, 0.29) is 0 Å². The first kappa shape index (κ1) is 20.5. The Morgan fingerprint density at radius 1 is 1.15 bits per heavy atom. The maximum atomic E-state index is 12.6. The van der Waals surface area contributed by atoms with E-state index in [1.165, 1.54) is 15.4 Å². The van der Waals surface area contributed by atoms with Crippen molar-refractivity contribution in [3.8, 4) is 5.75 Å². The number of hydrogen-bond acceptors (Lipinski definition) is 4. The molecule has 7 heteroatoms. The van der Waals surface area contributed by atoms with Crippen molar-refractivity contribution in [3.63, 3.8) is 0 Å². The standard InChI is InChI=1S/C19H29N3O3S/c1-7-21(6)26(23,24)19-16(4)20-22(17(19)5)11-8-12-25-18-10-9-14(2)15(3)13-18/h9-10,13H,7-8,11-12H2,1-6H3. The summed E-state index contributed by atoms with van der Waals surface area (Å²) in [7, 11) is -1.91. The van der Waals surface area contributed by atoms with Gasteiger partial charge in [-0.05, 0) is 51.0 Å². The molecule has 0 fully saturated rings. The van der Waals surface area contributed by atoms with Gasteiger partial charge in [0, 0.05) is 26.6 Å². The molecular formula is C19H29N3O3S. The summed E-state index contributed by atoms with van der Waals surface area (Å²) < 4.78 is 34.2. The Kier molecular flexibility index (Phi) is 6.47. The van der Waals surface area contributed by atoms with Gasteiger partial charge in [0.15, 0.2) is 0 Å². The summed E-state index contributed by atoms with van der Waals surface area (Å²) in [6.45, 7) is 11.1. The van der Waals surface area contributed by atoms with Gasteiger partial charge in [0.05, 0.1) is 18.0 Å². The monoisotopic (exact) mass is 379 g/mol. The highest BCUT2D eigenvalue weighted by Crippen LogP contribution is 2.23. The van der Waals surface area contributed by atoms with Gasteiger partial charge in [0.1, 0.15) is 10.6 Å². The molecule has 0 unspecified atom stereocenters. The maximum absolute atomic E-state index is 12.6. The van der Waals surface area contributed by atoms with Crippen LogP contribution in [-0.2, 0) is 16.6 Å². The Morgan fingerprint density at radius 3 is 2.46 bits per heavy atom. The van der Waals surface area contributed by atoms with E-state index < -0.39 is 10.0 Å². The Labute approximate surface area is 156 Å². The van der Waals surface area contributed by atoms with Gasteiger partial charge < -0.3 is 4.74 Å². The number of aromatic nitrogens is 2. The highest BCUT2D eigenvalue weighted by atomic mass is 32.2. The lowest BCUT2D eigenvalue weighted by molar-refractivity contribution is 0.297. The quantitative estimate of drug-likeness (QED) is 0.661. The Balaban J connectivity index is 2.03. The fourth-order valence-electron chi connectivity index (χ4n) is 2.81. The van der Waals surface area contributed by atoms with E-state index >= 15 is 0 Å². The average molecular weight is 380 g/mol. The second-order valence-electron chi connectivity index (χ2n) is 6.59. The molecule has 0 saturated carbocycles. The summed E-state index contributed by atoms with van der Waals surface area (Å²) >= 11 is 0. The van der Waals surface area contributed by atoms with Crippen LogP contribution >= 0.6 is 0 Å². The van der Waals surface area contributed by atoms with E-state index in [1.54, 1.807) is 25.6 Å². The SMILES string of the molecule is CCN(C)S(=O)(=O)c1c(C)nn(CCCOc2ccc(C)c(C)c2)c1C. The number of hydrogen-bond donors (Lipinski definition) is 0. The molecule has 1 aromatic heterocycles. The molecular weight excluding hydrogens is 350 g/mol. The van der Waals surface area contributed by atoms with Crippen molar-refractivity contribution in [1.29, 1.82) is 0 Å². The van der Waals surface area contributed by atoms with Crippen molar-refractivity contribution >= 4 is 10.0 Å². The van der Waals surface area contributed by atoms with Gasteiger partial charge in [-0.2, -0.15) is 5.10 Å². The lowest BCUT2D eigenvalue weighted by Gasteiger charge is -2.15. The van der Waals surface area contributed by atoms with E-state index in [9.17, 15) is 8.42 Å². The minimum Gasteiger partial charge on any atom is -0.494 e. The number of benzene rings is 1. The Hall–Kier alpha value is -1.86. The molecule has 1 heterocycles. The van der Waals surface area contributed by atoms with E-state index in [2.05, 4.69) is 18.9 Å². The number of sulfonamides is 1. The third kappa shape index (κ3) is 4.27. The molecule has 0 aliphatic rings. The topological polar surface area (TPSA) is 64.4 Å². The van der Waals surface area contributed by atoms with Crippen LogP contribution in [0.25, 0.3) is 0 Å².